The van der Waals surface area contributed by atoms with E-state index in [1.54, 1.807) is 34.9 Å². The molecule has 2 aromatic carbocycles. The molecule has 0 spiro atoms. The summed E-state index contributed by atoms with van der Waals surface area (Å²) in [5.74, 6) is -1.73. The molecule has 3 rings (SSSR count). The molecule has 1 N–H and O–H groups in total. The minimum Gasteiger partial charge on any atom is -0.325 e. The number of carbonyl (C=O) groups excluding carboxylic acids is 1. The van der Waals surface area contributed by atoms with E-state index in [4.69, 9.17) is 0 Å². The second-order valence-electron chi connectivity index (χ2n) is 6.74. The number of rotatable bonds is 9. The first-order valence-corrected chi connectivity index (χ1v) is 12.3. The Morgan fingerprint density at radius 2 is 1.78 bits per heavy atom. The van der Waals surface area contributed by atoms with Crippen LogP contribution in [0.4, 0.5) is 20.2 Å². The summed E-state index contributed by atoms with van der Waals surface area (Å²) in [6.07, 6.45) is 1.11. The quantitative estimate of drug-likeness (QED) is 0.471. The molecule has 12 heteroatoms. The van der Waals surface area contributed by atoms with Crippen LogP contribution in [0.1, 0.15) is 12.7 Å². The predicted molar refractivity (Wildman–Crippen MR) is 119 cm³/mol. The summed E-state index contributed by atoms with van der Waals surface area (Å²) in [6, 6.07) is 11.4. The lowest BCUT2D eigenvalue weighted by Gasteiger charge is -2.22. The fourth-order valence-corrected chi connectivity index (χ4v) is 4.61. The Bertz CT molecular complexity index is 1180. The highest BCUT2D eigenvalue weighted by Gasteiger charge is 2.22. The van der Waals surface area contributed by atoms with E-state index in [-0.39, 0.29) is 18.0 Å². The minimum absolute atomic E-state index is 0.0115. The van der Waals surface area contributed by atoms with Gasteiger partial charge in [0.15, 0.2) is 11.0 Å². The molecule has 0 unspecified atom stereocenters. The highest BCUT2D eigenvalue weighted by Crippen LogP contribution is 2.23. The van der Waals surface area contributed by atoms with Crippen LogP contribution in [0.25, 0.3) is 0 Å². The fraction of sp³-hybridized carbons (Fsp3) is 0.250. The Labute approximate surface area is 188 Å². The smallest absolute Gasteiger partial charge is 0.234 e. The monoisotopic (exact) mass is 481 g/mol. The molecule has 0 bridgehead atoms. The molecule has 0 aliphatic rings. The first-order chi connectivity index (χ1) is 15.2. The van der Waals surface area contributed by atoms with Gasteiger partial charge in [-0.2, -0.15) is 0 Å². The van der Waals surface area contributed by atoms with Crippen molar-refractivity contribution in [2.45, 2.75) is 25.2 Å². The summed E-state index contributed by atoms with van der Waals surface area (Å²) in [7, 11) is -3.58. The third-order valence-corrected chi connectivity index (χ3v) is 6.43. The summed E-state index contributed by atoms with van der Waals surface area (Å²) in [5.41, 5.74) is 0.508. The summed E-state index contributed by atoms with van der Waals surface area (Å²) >= 11 is 1.08. The van der Waals surface area contributed by atoms with Gasteiger partial charge >= 0.3 is 0 Å². The number of halogens is 2. The van der Waals surface area contributed by atoms with Gasteiger partial charge in [0.05, 0.1) is 24.2 Å². The highest BCUT2D eigenvalue weighted by molar-refractivity contribution is 7.99. The molecule has 0 aliphatic carbocycles. The third kappa shape index (κ3) is 6.04. The number of anilines is 2. The highest BCUT2D eigenvalue weighted by atomic mass is 32.2. The van der Waals surface area contributed by atoms with Crippen molar-refractivity contribution in [3.8, 4) is 0 Å². The van der Waals surface area contributed by atoms with Gasteiger partial charge in [0.1, 0.15) is 11.6 Å². The lowest BCUT2D eigenvalue weighted by atomic mass is 10.3. The number of aromatic nitrogens is 3. The van der Waals surface area contributed by atoms with Gasteiger partial charge in [0, 0.05) is 18.3 Å². The van der Waals surface area contributed by atoms with Crippen LogP contribution in [-0.2, 0) is 27.9 Å². The van der Waals surface area contributed by atoms with Crippen LogP contribution >= 0.6 is 11.8 Å². The van der Waals surface area contributed by atoms with E-state index in [1.165, 1.54) is 4.31 Å². The van der Waals surface area contributed by atoms with Crippen molar-refractivity contribution < 1.29 is 22.0 Å². The van der Waals surface area contributed by atoms with Crippen LogP contribution in [0, 0.1) is 11.6 Å². The summed E-state index contributed by atoms with van der Waals surface area (Å²) in [5, 5.41) is 11.0. The van der Waals surface area contributed by atoms with Crippen molar-refractivity contribution in [2.75, 3.05) is 21.6 Å². The first kappa shape index (κ1) is 23.7. The van der Waals surface area contributed by atoms with Gasteiger partial charge in [-0.05, 0) is 31.2 Å². The number of nitrogens with one attached hydrogen (secondary N) is 1. The number of hydrogen-bond acceptors (Lipinski definition) is 6. The SMILES string of the molecule is CCn1c(CN(c2ccccc2)S(C)(=O)=O)nnc1SCC(=O)Nc1cc(F)cc(F)c1. The van der Waals surface area contributed by atoms with E-state index >= 15 is 0 Å². The van der Waals surface area contributed by atoms with Crippen molar-refractivity contribution in [1.29, 1.82) is 0 Å². The summed E-state index contributed by atoms with van der Waals surface area (Å²) < 4.78 is 54.2. The molecular weight excluding hydrogens is 460 g/mol. The third-order valence-electron chi connectivity index (χ3n) is 4.32. The zero-order chi connectivity index (χ0) is 23.3. The van der Waals surface area contributed by atoms with Gasteiger partial charge in [-0.1, -0.05) is 30.0 Å². The fourth-order valence-electron chi connectivity index (χ4n) is 2.94. The number of thioether (sulfide) groups is 1. The van der Waals surface area contributed by atoms with Crippen molar-refractivity contribution >= 4 is 39.1 Å². The van der Waals surface area contributed by atoms with E-state index in [2.05, 4.69) is 15.5 Å². The largest absolute Gasteiger partial charge is 0.325 e. The molecular formula is C20H21F2N5O3S2. The van der Waals surface area contributed by atoms with Gasteiger partial charge in [-0.3, -0.25) is 9.10 Å². The van der Waals surface area contributed by atoms with Crippen LogP contribution in [-0.4, -0.2) is 41.1 Å². The molecule has 32 heavy (non-hydrogen) atoms. The molecule has 0 saturated carbocycles. The Hall–Kier alpha value is -2.99. The zero-order valence-corrected chi connectivity index (χ0v) is 19.0. The number of benzene rings is 2. The molecule has 0 atom stereocenters. The first-order valence-electron chi connectivity index (χ1n) is 9.51. The van der Waals surface area contributed by atoms with E-state index in [9.17, 15) is 22.0 Å². The number of sulfonamides is 1. The Morgan fingerprint density at radius 3 is 2.38 bits per heavy atom. The Kier molecular flexibility index (Phi) is 7.46. The number of carbonyl (C=O) groups is 1. The summed E-state index contributed by atoms with van der Waals surface area (Å²) in [6.45, 7) is 2.27. The Morgan fingerprint density at radius 1 is 1.12 bits per heavy atom. The van der Waals surface area contributed by atoms with E-state index in [0.29, 0.717) is 29.3 Å². The average molecular weight is 482 g/mol. The zero-order valence-electron chi connectivity index (χ0n) is 17.3. The van der Waals surface area contributed by atoms with Gasteiger partial charge in [0.2, 0.25) is 15.9 Å². The number of nitrogens with zero attached hydrogens (tertiary/aromatic N) is 4. The Balaban J connectivity index is 1.72. The van der Waals surface area contributed by atoms with Gasteiger partial charge in [-0.15, -0.1) is 10.2 Å². The van der Waals surface area contributed by atoms with Crippen LogP contribution in [0.5, 0.6) is 0 Å². The maximum Gasteiger partial charge on any atom is 0.234 e. The standard InChI is InChI=1S/C20H21F2N5O3S2/c1-3-26-18(12-27(32(2,29)30)17-7-5-4-6-8-17)24-25-20(26)31-13-19(28)23-16-10-14(21)9-15(22)11-16/h4-11H,3,12-13H2,1-2H3,(H,23,28). The molecule has 0 aliphatic heterocycles. The second-order valence-corrected chi connectivity index (χ2v) is 9.59. The molecule has 0 radical (unpaired) electrons. The molecule has 3 aromatic rings. The van der Waals surface area contributed by atoms with Gasteiger partial charge in [0.25, 0.3) is 0 Å². The molecule has 1 heterocycles. The second kappa shape index (κ2) is 10.1. The van der Waals surface area contributed by atoms with Crippen LogP contribution < -0.4 is 9.62 Å². The average Bonchev–Trinajstić information content (AvgIpc) is 3.11. The van der Waals surface area contributed by atoms with Crippen LogP contribution in [0.3, 0.4) is 0 Å². The summed E-state index contributed by atoms with van der Waals surface area (Å²) in [4.78, 5) is 12.2. The molecule has 0 saturated heterocycles. The molecule has 8 nitrogen and oxygen atoms in total. The van der Waals surface area contributed by atoms with E-state index < -0.39 is 27.6 Å². The molecule has 170 valence electrons. The van der Waals surface area contributed by atoms with Crippen molar-refractivity contribution in [1.82, 2.24) is 14.8 Å². The van der Waals surface area contributed by atoms with E-state index in [1.807, 2.05) is 6.92 Å². The van der Waals surface area contributed by atoms with Crippen molar-refractivity contribution in [2.24, 2.45) is 0 Å². The van der Waals surface area contributed by atoms with Crippen molar-refractivity contribution in [3.63, 3.8) is 0 Å². The molecule has 0 fully saturated rings. The van der Waals surface area contributed by atoms with Crippen LogP contribution in [0.15, 0.2) is 53.7 Å². The molecule has 1 amide bonds. The minimum atomic E-state index is -3.58. The van der Waals surface area contributed by atoms with Crippen molar-refractivity contribution in [3.05, 3.63) is 66.0 Å². The van der Waals surface area contributed by atoms with E-state index in [0.717, 1.165) is 30.2 Å². The lowest BCUT2D eigenvalue weighted by Crippen LogP contribution is -2.30. The van der Waals surface area contributed by atoms with Gasteiger partial charge < -0.3 is 9.88 Å². The number of amides is 1. The predicted octanol–water partition coefficient (Wildman–Crippen LogP) is 3.27. The topological polar surface area (TPSA) is 97.2 Å². The normalized spacial score (nSPS) is 11.4. The van der Waals surface area contributed by atoms with Gasteiger partial charge in [-0.25, -0.2) is 17.2 Å². The number of para-hydroxylation sites is 1. The lowest BCUT2D eigenvalue weighted by molar-refractivity contribution is -0.113. The molecule has 1 aromatic heterocycles. The van der Waals surface area contributed by atoms with Crippen LogP contribution in [0.2, 0.25) is 0 Å². The maximum absolute atomic E-state index is 13.3. The maximum atomic E-state index is 13.3. The number of hydrogen-bond donors (Lipinski definition) is 1.